The summed E-state index contributed by atoms with van der Waals surface area (Å²) in [6.07, 6.45) is 0. The molecule has 0 heterocycles. The highest BCUT2D eigenvalue weighted by molar-refractivity contribution is 6.70. The lowest BCUT2D eigenvalue weighted by Crippen LogP contribution is -2.03. The maximum atomic E-state index is 10.5. The number of hydrogen-bond donors (Lipinski definition) is 0. The molecule has 5 heteroatoms. The van der Waals surface area contributed by atoms with E-state index in [1.807, 2.05) is 31.2 Å². The number of carbonyl (C=O) groups is 1. The van der Waals surface area contributed by atoms with Crippen molar-refractivity contribution in [2.24, 2.45) is 5.16 Å². The van der Waals surface area contributed by atoms with E-state index in [-0.39, 0.29) is 5.17 Å². The van der Waals surface area contributed by atoms with Crippen LogP contribution in [-0.2, 0) is 9.63 Å². The fourth-order valence-electron chi connectivity index (χ4n) is 1.12. The van der Waals surface area contributed by atoms with Gasteiger partial charge in [-0.05, 0) is 12.5 Å². The summed E-state index contributed by atoms with van der Waals surface area (Å²) in [4.78, 5) is 14.9. The van der Waals surface area contributed by atoms with Gasteiger partial charge in [-0.25, -0.2) is 4.79 Å². The SMILES string of the molecule is CC(=O)O/N=C(\Cl)C(Cl)c1cccc(C)c1. The zero-order valence-electron chi connectivity index (χ0n) is 8.91. The van der Waals surface area contributed by atoms with Gasteiger partial charge >= 0.3 is 5.97 Å². The maximum absolute atomic E-state index is 10.5. The predicted octanol–water partition coefficient (Wildman–Crippen LogP) is 3.39. The molecule has 0 bridgehead atoms. The van der Waals surface area contributed by atoms with Crippen molar-refractivity contribution in [3.05, 3.63) is 35.4 Å². The van der Waals surface area contributed by atoms with Gasteiger partial charge in [0.2, 0.25) is 0 Å². The lowest BCUT2D eigenvalue weighted by Gasteiger charge is -2.07. The van der Waals surface area contributed by atoms with Crippen molar-refractivity contribution in [3.8, 4) is 0 Å². The molecule has 0 aliphatic heterocycles. The first-order chi connectivity index (χ1) is 7.50. The Kier molecular flexibility index (Phi) is 4.77. The predicted molar refractivity (Wildman–Crippen MR) is 64.8 cm³/mol. The highest BCUT2D eigenvalue weighted by atomic mass is 35.5. The van der Waals surface area contributed by atoms with E-state index < -0.39 is 11.3 Å². The summed E-state index contributed by atoms with van der Waals surface area (Å²) in [5, 5.41) is 2.85. The van der Waals surface area contributed by atoms with Crippen molar-refractivity contribution in [2.45, 2.75) is 19.2 Å². The average Bonchev–Trinajstić information content (AvgIpc) is 2.24. The van der Waals surface area contributed by atoms with Crippen LogP contribution in [0.1, 0.15) is 23.4 Å². The molecule has 0 aromatic heterocycles. The summed E-state index contributed by atoms with van der Waals surface area (Å²) >= 11 is 11.9. The van der Waals surface area contributed by atoms with E-state index in [0.717, 1.165) is 11.1 Å². The van der Waals surface area contributed by atoms with Crippen molar-refractivity contribution in [2.75, 3.05) is 0 Å². The molecule has 0 radical (unpaired) electrons. The highest BCUT2D eigenvalue weighted by Crippen LogP contribution is 2.24. The van der Waals surface area contributed by atoms with Crippen LogP contribution in [0.25, 0.3) is 0 Å². The summed E-state index contributed by atoms with van der Waals surface area (Å²) in [6.45, 7) is 3.19. The minimum absolute atomic E-state index is 0.0301. The van der Waals surface area contributed by atoms with Crippen LogP contribution >= 0.6 is 23.2 Å². The fraction of sp³-hybridized carbons (Fsp3) is 0.273. The Morgan fingerprint density at radius 2 is 2.19 bits per heavy atom. The number of halogens is 2. The molecule has 0 spiro atoms. The smallest absolute Gasteiger partial charge is 0.317 e. The zero-order chi connectivity index (χ0) is 12.1. The molecule has 16 heavy (non-hydrogen) atoms. The molecule has 0 saturated heterocycles. The third-order valence-electron chi connectivity index (χ3n) is 1.81. The number of aryl methyl sites for hydroxylation is 1. The van der Waals surface area contributed by atoms with Crippen LogP contribution < -0.4 is 0 Å². The number of hydrogen-bond acceptors (Lipinski definition) is 3. The van der Waals surface area contributed by atoms with E-state index in [1.165, 1.54) is 6.92 Å². The molecule has 0 amide bonds. The summed E-state index contributed by atoms with van der Waals surface area (Å²) in [5.41, 5.74) is 1.88. The van der Waals surface area contributed by atoms with E-state index in [2.05, 4.69) is 9.99 Å². The molecule has 1 aromatic carbocycles. The van der Waals surface area contributed by atoms with Crippen molar-refractivity contribution < 1.29 is 9.63 Å². The number of alkyl halides is 1. The van der Waals surface area contributed by atoms with Gasteiger partial charge in [0.25, 0.3) is 0 Å². The van der Waals surface area contributed by atoms with E-state index in [4.69, 9.17) is 23.2 Å². The topological polar surface area (TPSA) is 38.7 Å². The van der Waals surface area contributed by atoms with Crippen LogP contribution in [0.2, 0.25) is 0 Å². The standard InChI is InChI=1S/C11H11Cl2NO2/c1-7-4-3-5-9(6-7)10(12)11(13)14-16-8(2)15/h3-6,10H,1-2H3/b14-11-. The quantitative estimate of drug-likeness (QED) is 0.361. The normalized spacial score (nSPS) is 13.4. The van der Waals surface area contributed by atoms with Crippen molar-refractivity contribution >= 4 is 34.3 Å². The lowest BCUT2D eigenvalue weighted by atomic mass is 10.1. The van der Waals surface area contributed by atoms with Crippen molar-refractivity contribution in [1.82, 2.24) is 0 Å². The monoisotopic (exact) mass is 259 g/mol. The lowest BCUT2D eigenvalue weighted by molar-refractivity contribution is -0.140. The molecular formula is C11H11Cl2NO2. The number of benzene rings is 1. The Labute approximate surface area is 104 Å². The summed E-state index contributed by atoms with van der Waals surface area (Å²) in [7, 11) is 0. The number of rotatable bonds is 3. The van der Waals surface area contributed by atoms with Gasteiger partial charge in [0.1, 0.15) is 5.38 Å². The molecule has 1 aromatic rings. The van der Waals surface area contributed by atoms with Gasteiger partial charge in [0, 0.05) is 6.92 Å². The first-order valence-electron chi connectivity index (χ1n) is 4.62. The van der Waals surface area contributed by atoms with Crippen molar-refractivity contribution in [3.63, 3.8) is 0 Å². The third-order valence-corrected chi connectivity index (χ3v) is 2.66. The molecule has 1 rings (SSSR count). The van der Waals surface area contributed by atoms with E-state index >= 15 is 0 Å². The Bertz CT molecular complexity index is 418. The minimum Gasteiger partial charge on any atom is -0.317 e. The second kappa shape index (κ2) is 5.87. The number of carbonyl (C=O) groups excluding carboxylic acids is 1. The summed E-state index contributed by atoms with van der Waals surface area (Å²) in [5.74, 6) is -0.536. The minimum atomic E-state index is -0.610. The molecule has 0 N–H and O–H groups in total. The van der Waals surface area contributed by atoms with Crippen LogP contribution in [0.15, 0.2) is 29.4 Å². The molecule has 0 aliphatic carbocycles. The average molecular weight is 260 g/mol. The summed E-state index contributed by atoms with van der Waals surface area (Å²) in [6, 6.07) is 7.54. The second-order valence-electron chi connectivity index (χ2n) is 3.27. The Hall–Kier alpha value is -1.06. The highest BCUT2D eigenvalue weighted by Gasteiger charge is 2.14. The van der Waals surface area contributed by atoms with Crippen molar-refractivity contribution in [1.29, 1.82) is 0 Å². The molecule has 0 fully saturated rings. The molecule has 0 saturated carbocycles. The fourth-order valence-corrected chi connectivity index (χ4v) is 1.46. The maximum Gasteiger partial charge on any atom is 0.332 e. The summed E-state index contributed by atoms with van der Waals surface area (Å²) < 4.78 is 0. The third kappa shape index (κ3) is 3.83. The molecule has 0 aliphatic rings. The number of oxime groups is 1. The van der Waals surface area contributed by atoms with Gasteiger partial charge in [-0.15, -0.1) is 11.6 Å². The second-order valence-corrected chi connectivity index (χ2v) is 4.10. The Balaban J connectivity index is 2.81. The van der Waals surface area contributed by atoms with Crippen LogP contribution in [0.4, 0.5) is 0 Å². The Morgan fingerprint density at radius 1 is 1.50 bits per heavy atom. The largest absolute Gasteiger partial charge is 0.332 e. The Morgan fingerprint density at radius 3 is 2.75 bits per heavy atom. The molecule has 1 atom stereocenters. The van der Waals surface area contributed by atoms with Gasteiger partial charge in [-0.1, -0.05) is 46.6 Å². The van der Waals surface area contributed by atoms with Crippen LogP contribution in [0, 0.1) is 6.92 Å². The van der Waals surface area contributed by atoms with Gasteiger partial charge < -0.3 is 4.84 Å². The van der Waals surface area contributed by atoms with Gasteiger partial charge in [0.05, 0.1) is 0 Å². The van der Waals surface area contributed by atoms with E-state index in [1.54, 1.807) is 0 Å². The first-order valence-corrected chi connectivity index (χ1v) is 5.43. The first kappa shape index (κ1) is 13.0. The molecule has 86 valence electrons. The molecule has 1 unspecified atom stereocenters. The zero-order valence-corrected chi connectivity index (χ0v) is 10.4. The number of nitrogens with zero attached hydrogens (tertiary/aromatic N) is 1. The molecular weight excluding hydrogens is 249 g/mol. The molecule has 3 nitrogen and oxygen atoms in total. The van der Waals surface area contributed by atoms with Crippen LogP contribution in [0.5, 0.6) is 0 Å². The van der Waals surface area contributed by atoms with Crippen LogP contribution in [0.3, 0.4) is 0 Å². The van der Waals surface area contributed by atoms with Gasteiger partial charge in [-0.2, -0.15) is 0 Å². The van der Waals surface area contributed by atoms with Gasteiger partial charge in [-0.3, -0.25) is 0 Å². The van der Waals surface area contributed by atoms with Gasteiger partial charge in [0.15, 0.2) is 5.17 Å². The van der Waals surface area contributed by atoms with E-state index in [0.29, 0.717) is 0 Å². The van der Waals surface area contributed by atoms with E-state index in [9.17, 15) is 4.79 Å². The van der Waals surface area contributed by atoms with Crippen LogP contribution in [-0.4, -0.2) is 11.1 Å².